The van der Waals surface area contributed by atoms with Crippen LogP contribution in [0, 0.1) is 20.2 Å². The largest absolute Gasteiger partial charge is 0.423 e. The number of non-ortho nitro benzene ring substituents is 2. The van der Waals surface area contributed by atoms with Crippen molar-refractivity contribution in [3.63, 3.8) is 0 Å². The van der Waals surface area contributed by atoms with Gasteiger partial charge >= 0.3 is 11.9 Å². The van der Waals surface area contributed by atoms with Crippen molar-refractivity contribution in [2.75, 3.05) is 0 Å². The van der Waals surface area contributed by atoms with Gasteiger partial charge in [0.15, 0.2) is 0 Å². The van der Waals surface area contributed by atoms with Gasteiger partial charge in [-0.2, -0.15) is 0 Å². The molecule has 0 atom stereocenters. The van der Waals surface area contributed by atoms with Crippen molar-refractivity contribution in [2.24, 2.45) is 0 Å². The van der Waals surface area contributed by atoms with Crippen LogP contribution in [0.1, 0.15) is 31.8 Å². The summed E-state index contributed by atoms with van der Waals surface area (Å²) in [6.07, 6.45) is 0.554. The normalized spacial score (nSPS) is 10.4. The molecule has 0 bridgehead atoms. The first kappa shape index (κ1) is 24.7. The first-order chi connectivity index (χ1) is 17.8. The van der Waals surface area contributed by atoms with Crippen LogP contribution in [0.15, 0.2) is 97.1 Å². The Morgan fingerprint density at radius 3 is 1.32 bits per heavy atom. The number of esters is 2. The van der Waals surface area contributed by atoms with Crippen LogP contribution in [-0.4, -0.2) is 21.8 Å². The van der Waals surface area contributed by atoms with Gasteiger partial charge in [-0.3, -0.25) is 20.2 Å². The molecule has 37 heavy (non-hydrogen) atoms. The van der Waals surface area contributed by atoms with E-state index in [4.69, 9.17) is 9.47 Å². The molecule has 0 aliphatic carbocycles. The van der Waals surface area contributed by atoms with Crippen LogP contribution in [0.3, 0.4) is 0 Å². The van der Waals surface area contributed by atoms with E-state index >= 15 is 0 Å². The quantitative estimate of drug-likeness (QED) is 0.134. The average molecular weight is 498 g/mol. The Labute approximate surface area is 210 Å². The zero-order chi connectivity index (χ0) is 26.4. The van der Waals surface area contributed by atoms with E-state index in [1.807, 2.05) is 0 Å². The molecule has 4 aromatic rings. The van der Waals surface area contributed by atoms with Crippen molar-refractivity contribution in [1.82, 2.24) is 0 Å². The second-order valence-corrected chi connectivity index (χ2v) is 7.86. The Kier molecular flexibility index (Phi) is 7.29. The first-order valence-corrected chi connectivity index (χ1v) is 10.9. The fourth-order valence-corrected chi connectivity index (χ4v) is 3.41. The standard InChI is InChI=1S/C27H18N2O8/c30-26(20-3-1-5-22(16-20)28(32)33)36-24-11-7-18(8-12-24)15-19-9-13-25(14-10-19)37-27(31)21-4-2-6-23(17-21)29(34)35/h1-14,16-17H,15H2. The summed E-state index contributed by atoms with van der Waals surface area (Å²) in [6, 6.07) is 24.2. The smallest absolute Gasteiger partial charge is 0.343 e. The van der Waals surface area contributed by atoms with Crippen molar-refractivity contribution >= 4 is 23.3 Å². The monoisotopic (exact) mass is 498 g/mol. The fourth-order valence-electron chi connectivity index (χ4n) is 3.41. The van der Waals surface area contributed by atoms with E-state index in [9.17, 15) is 29.8 Å². The van der Waals surface area contributed by atoms with Gasteiger partial charge in [0.1, 0.15) is 11.5 Å². The third kappa shape index (κ3) is 6.40. The minimum atomic E-state index is -0.702. The Bertz CT molecular complexity index is 1370. The molecule has 0 unspecified atom stereocenters. The van der Waals surface area contributed by atoms with Gasteiger partial charge in [-0.05, 0) is 53.9 Å². The highest BCUT2D eigenvalue weighted by Crippen LogP contribution is 2.21. The number of benzene rings is 4. The van der Waals surface area contributed by atoms with Gasteiger partial charge in [0, 0.05) is 24.3 Å². The molecule has 0 aliphatic heterocycles. The number of nitrogens with zero attached hydrogens (tertiary/aromatic N) is 2. The molecular weight excluding hydrogens is 480 g/mol. The van der Waals surface area contributed by atoms with E-state index in [1.165, 1.54) is 36.4 Å². The Balaban J connectivity index is 1.34. The second kappa shape index (κ2) is 10.9. The van der Waals surface area contributed by atoms with Crippen LogP contribution < -0.4 is 9.47 Å². The van der Waals surface area contributed by atoms with Gasteiger partial charge in [-0.25, -0.2) is 9.59 Å². The third-order valence-corrected chi connectivity index (χ3v) is 5.26. The minimum absolute atomic E-state index is 0.0737. The zero-order valence-electron chi connectivity index (χ0n) is 19.1. The number of carbonyl (C=O) groups excluding carboxylic acids is 2. The lowest BCUT2D eigenvalue weighted by Gasteiger charge is -2.08. The van der Waals surface area contributed by atoms with Gasteiger partial charge in [0.25, 0.3) is 11.4 Å². The van der Waals surface area contributed by atoms with Crippen LogP contribution in [0.5, 0.6) is 11.5 Å². The number of nitro benzene ring substituents is 2. The van der Waals surface area contributed by atoms with Crippen molar-refractivity contribution < 1.29 is 28.9 Å². The molecule has 0 amide bonds. The summed E-state index contributed by atoms with van der Waals surface area (Å²) >= 11 is 0. The molecule has 0 saturated heterocycles. The molecule has 10 nitrogen and oxygen atoms in total. The Morgan fingerprint density at radius 2 is 0.973 bits per heavy atom. The van der Waals surface area contributed by atoms with E-state index in [1.54, 1.807) is 48.5 Å². The van der Waals surface area contributed by atoms with Crippen molar-refractivity contribution in [2.45, 2.75) is 6.42 Å². The highest BCUT2D eigenvalue weighted by Gasteiger charge is 2.15. The first-order valence-electron chi connectivity index (χ1n) is 10.9. The Hall–Kier alpha value is -5.38. The van der Waals surface area contributed by atoms with E-state index in [-0.39, 0.29) is 22.5 Å². The lowest BCUT2D eigenvalue weighted by molar-refractivity contribution is -0.385. The summed E-state index contributed by atoms with van der Waals surface area (Å²) in [7, 11) is 0. The van der Waals surface area contributed by atoms with E-state index in [2.05, 4.69) is 0 Å². The molecule has 4 aromatic carbocycles. The van der Waals surface area contributed by atoms with Crippen molar-refractivity contribution in [3.8, 4) is 11.5 Å². The molecule has 0 heterocycles. The maximum absolute atomic E-state index is 12.3. The molecule has 0 aromatic heterocycles. The second-order valence-electron chi connectivity index (χ2n) is 7.86. The average Bonchev–Trinajstić information content (AvgIpc) is 2.91. The molecule has 0 radical (unpaired) electrons. The fraction of sp³-hybridized carbons (Fsp3) is 0.0370. The Morgan fingerprint density at radius 1 is 0.595 bits per heavy atom. The highest BCUT2D eigenvalue weighted by molar-refractivity contribution is 5.92. The lowest BCUT2D eigenvalue weighted by Crippen LogP contribution is -2.09. The van der Waals surface area contributed by atoms with Crippen LogP contribution >= 0.6 is 0 Å². The summed E-state index contributed by atoms with van der Waals surface area (Å²) in [6.45, 7) is 0. The molecule has 0 fully saturated rings. The predicted octanol–water partition coefficient (Wildman–Crippen LogP) is 5.53. The molecule has 184 valence electrons. The number of hydrogen-bond acceptors (Lipinski definition) is 8. The summed E-state index contributed by atoms with van der Waals surface area (Å²) in [5.74, 6) is -0.814. The molecule has 0 saturated carbocycles. The summed E-state index contributed by atoms with van der Waals surface area (Å²) < 4.78 is 10.6. The molecule has 10 heteroatoms. The van der Waals surface area contributed by atoms with Crippen LogP contribution in [0.25, 0.3) is 0 Å². The van der Waals surface area contributed by atoms with Gasteiger partial charge in [-0.15, -0.1) is 0 Å². The number of carbonyl (C=O) groups is 2. The van der Waals surface area contributed by atoms with Crippen LogP contribution in [0.4, 0.5) is 11.4 Å². The molecule has 0 aliphatic rings. The highest BCUT2D eigenvalue weighted by atomic mass is 16.6. The molecule has 0 spiro atoms. The predicted molar refractivity (Wildman–Crippen MR) is 132 cm³/mol. The van der Waals surface area contributed by atoms with Gasteiger partial charge in [0.2, 0.25) is 0 Å². The van der Waals surface area contributed by atoms with E-state index in [0.717, 1.165) is 23.3 Å². The van der Waals surface area contributed by atoms with Gasteiger partial charge < -0.3 is 9.47 Å². The lowest BCUT2D eigenvalue weighted by atomic mass is 10.0. The van der Waals surface area contributed by atoms with Gasteiger partial charge in [0.05, 0.1) is 21.0 Å². The number of ether oxygens (including phenoxy) is 2. The maximum Gasteiger partial charge on any atom is 0.343 e. The van der Waals surface area contributed by atoms with Gasteiger partial charge in [-0.1, -0.05) is 36.4 Å². The van der Waals surface area contributed by atoms with Crippen LogP contribution in [0.2, 0.25) is 0 Å². The van der Waals surface area contributed by atoms with Crippen LogP contribution in [-0.2, 0) is 6.42 Å². The number of rotatable bonds is 8. The topological polar surface area (TPSA) is 139 Å². The van der Waals surface area contributed by atoms with E-state index in [0.29, 0.717) is 17.9 Å². The van der Waals surface area contributed by atoms with Crippen molar-refractivity contribution in [1.29, 1.82) is 0 Å². The summed E-state index contributed by atoms with van der Waals surface area (Å²) in [5, 5.41) is 21.8. The van der Waals surface area contributed by atoms with E-state index < -0.39 is 21.8 Å². The SMILES string of the molecule is O=C(Oc1ccc(Cc2ccc(OC(=O)c3cccc([N+](=O)[O-])c3)cc2)cc1)c1cccc([N+](=O)[O-])c1. The van der Waals surface area contributed by atoms with Crippen molar-refractivity contribution in [3.05, 3.63) is 140 Å². The molecule has 0 N–H and O–H groups in total. The minimum Gasteiger partial charge on any atom is -0.423 e. The summed E-state index contributed by atoms with van der Waals surface area (Å²) in [5.41, 5.74) is 1.60. The maximum atomic E-state index is 12.3. The molecule has 4 rings (SSSR count). The third-order valence-electron chi connectivity index (χ3n) is 5.26. The number of hydrogen-bond donors (Lipinski definition) is 0. The summed E-state index contributed by atoms with van der Waals surface area (Å²) in [4.78, 5) is 45.2. The number of nitro groups is 2. The zero-order valence-corrected chi connectivity index (χ0v) is 19.1. The molecular formula is C27H18N2O8.